The molecular formula is C10H16N2O2. The van der Waals surface area contributed by atoms with Gasteiger partial charge in [0.15, 0.2) is 0 Å². The van der Waals surface area contributed by atoms with Crippen molar-refractivity contribution in [3.8, 4) is 0 Å². The molecule has 0 bridgehead atoms. The highest BCUT2D eigenvalue weighted by atomic mass is 16.4. The van der Waals surface area contributed by atoms with Crippen LogP contribution in [0.5, 0.6) is 0 Å². The Morgan fingerprint density at radius 3 is 2.50 bits per heavy atom. The van der Waals surface area contributed by atoms with Crippen LogP contribution >= 0.6 is 0 Å². The van der Waals surface area contributed by atoms with Crippen LogP contribution in [0.15, 0.2) is 0 Å². The summed E-state index contributed by atoms with van der Waals surface area (Å²) in [6.45, 7) is 4.01. The number of rotatable bonds is 4. The van der Waals surface area contributed by atoms with Crippen molar-refractivity contribution in [2.24, 2.45) is 7.05 Å². The molecule has 1 rings (SSSR count). The van der Waals surface area contributed by atoms with E-state index in [1.54, 1.807) is 4.68 Å². The van der Waals surface area contributed by atoms with Crippen molar-refractivity contribution < 1.29 is 9.90 Å². The van der Waals surface area contributed by atoms with Gasteiger partial charge in [-0.2, -0.15) is 5.10 Å². The molecule has 0 aliphatic carbocycles. The molecule has 1 N–H and O–H groups in total. The molecule has 1 aromatic heterocycles. The zero-order valence-electron chi connectivity index (χ0n) is 8.87. The summed E-state index contributed by atoms with van der Waals surface area (Å²) in [6.07, 6.45) is 1.70. The number of hydrogen-bond donors (Lipinski definition) is 1. The number of aliphatic carboxylic acids is 1. The molecule has 0 amide bonds. The number of carboxylic acids is 1. The second kappa shape index (κ2) is 4.26. The van der Waals surface area contributed by atoms with Crippen LogP contribution in [0, 0.1) is 0 Å². The van der Waals surface area contributed by atoms with Crippen LogP contribution in [-0.2, 0) is 31.1 Å². The zero-order chi connectivity index (χ0) is 10.7. The van der Waals surface area contributed by atoms with Gasteiger partial charge in [0.05, 0.1) is 12.1 Å². The number of nitrogens with zero attached hydrogens (tertiary/aromatic N) is 2. The minimum Gasteiger partial charge on any atom is -0.481 e. The van der Waals surface area contributed by atoms with Crippen molar-refractivity contribution in [1.82, 2.24) is 9.78 Å². The van der Waals surface area contributed by atoms with Crippen molar-refractivity contribution in [1.29, 1.82) is 0 Å². The highest BCUT2D eigenvalue weighted by molar-refractivity contribution is 5.71. The van der Waals surface area contributed by atoms with Crippen LogP contribution in [0.2, 0.25) is 0 Å². The van der Waals surface area contributed by atoms with Crippen LogP contribution in [0.1, 0.15) is 30.8 Å². The Bertz CT molecular complexity index is 342. The van der Waals surface area contributed by atoms with Gasteiger partial charge in [0, 0.05) is 18.3 Å². The van der Waals surface area contributed by atoms with Gasteiger partial charge in [-0.05, 0) is 12.8 Å². The second-order valence-electron chi connectivity index (χ2n) is 3.27. The quantitative estimate of drug-likeness (QED) is 0.786. The first-order valence-corrected chi connectivity index (χ1v) is 4.85. The monoisotopic (exact) mass is 196 g/mol. The van der Waals surface area contributed by atoms with Gasteiger partial charge in [-0.25, -0.2) is 0 Å². The van der Waals surface area contributed by atoms with E-state index in [2.05, 4.69) is 5.10 Å². The number of hydrogen-bond acceptors (Lipinski definition) is 2. The summed E-state index contributed by atoms with van der Waals surface area (Å²) in [5.41, 5.74) is 2.83. The van der Waals surface area contributed by atoms with E-state index in [0.717, 1.165) is 29.8 Å². The maximum atomic E-state index is 10.7. The molecule has 4 heteroatoms. The lowest BCUT2D eigenvalue weighted by atomic mass is 10.1. The Hall–Kier alpha value is -1.32. The fourth-order valence-electron chi connectivity index (χ4n) is 1.75. The smallest absolute Gasteiger partial charge is 0.307 e. The van der Waals surface area contributed by atoms with Gasteiger partial charge in [-0.15, -0.1) is 0 Å². The van der Waals surface area contributed by atoms with Crippen LogP contribution in [0.4, 0.5) is 0 Å². The van der Waals surface area contributed by atoms with Crippen LogP contribution in [0.25, 0.3) is 0 Å². The first-order valence-electron chi connectivity index (χ1n) is 4.85. The topological polar surface area (TPSA) is 55.1 Å². The number of carbonyl (C=O) groups is 1. The highest BCUT2D eigenvalue weighted by Gasteiger charge is 2.15. The van der Waals surface area contributed by atoms with Gasteiger partial charge in [0.2, 0.25) is 0 Å². The Labute approximate surface area is 83.5 Å². The molecule has 0 aromatic carbocycles. The first kappa shape index (κ1) is 10.8. The van der Waals surface area contributed by atoms with Gasteiger partial charge < -0.3 is 5.11 Å². The molecule has 0 saturated heterocycles. The second-order valence-corrected chi connectivity index (χ2v) is 3.27. The third kappa shape index (κ3) is 1.95. The molecule has 0 aliphatic heterocycles. The Balaban J connectivity index is 3.13. The molecule has 1 aromatic rings. The third-order valence-corrected chi connectivity index (χ3v) is 2.36. The number of carboxylic acid groups (broad SMARTS) is 1. The normalized spacial score (nSPS) is 10.5. The van der Waals surface area contributed by atoms with E-state index in [9.17, 15) is 4.79 Å². The molecular weight excluding hydrogens is 180 g/mol. The average molecular weight is 196 g/mol. The summed E-state index contributed by atoms with van der Waals surface area (Å²) in [7, 11) is 1.86. The minimum atomic E-state index is -0.789. The van der Waals surface area contributed by atoms with Crippen molar-refractivity contribution >= 4 is 5.97 Å². The fourth-order valence-corrected chi connectivity index (χ4v) is 1.75. The van der Waals surface area contributed by atoms with Gasteiger partial charge in [0.1, 0.15) is 0 Å². The predicted octanol–water partition coefficient (Wildman–Crippen LogP) is 1.17. The maximum absolute atomic E-state index is 10.7. The summed E-state index contributed by atoms with van der Waals surface area (Å²) in [5, 5.41) is 13.1. The summed E-state index contributed by atoms with van der Waals surface area (Å²) < 4.78 is 1.79. The molecule has 0 radical (unpaired) electrons. The van der Waals surface area contributed by atoms with E-state index in [0.29, 0.717) is 0 Å². The van der Waals surface area contributed by atoms with Crippen LogP contribution < -0.4 is 0 Å². The fraction of sp³-hybridized carbons (Fsp3) is 0.600. The van der Waals surface area contributed by atoms with E-state index < -0.39 is 5.97 Å². The Kier molecular flexibility index (Phi) is 3.28. The van der Waals surface area contributed by atoms with Crippen molar-refractivity contribution in [2.75, 3.05) is 0 Å². The largest absolute Gasteiger partial charge is 0.481 e. The predicted molar refractivity (Wildman–Crippen MR) is 53.3 cm³/mol. The van der Waals surface area contributed by atoms with Gasteiger partial charge >= 0.3 is 5.97 Å². The van der Waals surface area contributed by atoms with Gasteiger partial charge in [-0.3, -0.25) is 9.48 Å². The molecule has 0 aliphatic rings. The SMILES string of the molecule is CCc1nn(C)c(CC)c1CC(=O)O. The van der Waals surface area contributed by atoms with Crippen molar-refractivity contribution in [3.05, 3.63) is 17.0 Å². The lowest BCUT2D eigenvalue weighted by molar-refractivity contribution is -0.136. The van der Waals surface area contributed by atoms with E-state index in [-0.39, 0.29) is 6.42 Å². The molecule has 0 atom stereocenters. The first-order chi connectivity index (χ1) is 6.60. The number of aromatic nitrogens is 2. The van der Waals surface area contributed by atoms with E-state index in [1.807, 2.05) is 20.9 Å². The van der Waals surface area contributed by atoms with Gasteiger partial charge in [-0.1, -0.05) is 13.8 Å². The molecule has 0 saturated carbocycles. The molecule has 0 fully saturated rings. The Morgan fingerprint density at radius 2 is 2.07 bits per heavy atom. The molecule has 0 unspecified atom stereocenters. The van der Waals surface area contributed by atoms with E-state index >= 15 is 0 Å². The molecule has 14 heavy (non-hydrogen) atoms. The molecule has 0 spiro atoms. The van der Waals surface area contributed by atoms with Crippen LogP contribution in [0.3, 0.4) is 0 Å². The maximum Gasteiger partial charge on any atom is 0.307 e. The van der Waals surface area contributed by atoms with Crippen LogP contribution in [-0.4, -0.2) is 20.9 Å². The standard InChI is InChI=1S/C10H16N2O2/c1-4-8-7(6-10(13)14)9(5-2)12(3)11-8/h4-6H2,1-3H3,(H,13,14). The summed E-state index contributed by atoms with van der Waals surface area (Å²) in [6, 6.07) is 0. The lowest BCUT2D eigenvalue weighted by Gasteiger charge is -2.01. The minimum absolute atomic E-state index is 0.0835. The summed E-state index contributed by atoms with van der Waals surface area (Å²) >= 11 is 0. The number of aryl methyl sites for hydroxylation is 2. The van der Waals surface area contributed by atoms with Crippen molar-refractivity contribution in [3.63, 3.8) is 0 Å². The summed E-state index contributed by atoms with van der Waals surface area (Å²) in [4.78, 5) is 10.7. The van der Waals surface area contributed by atoms with Crippen molar-refractivity contribution in [2.45, 2.75) is 33.1 Å². The van der Waals surface area contributed by atoms with Gasteiger partial charge in [0.25, 0.3) is 0 Å². The molecule has 1 heterocycles. The molecule has 4 nitrogen and oxygen atoms in total. The lowest BCUT2D eigenvalue weighted by Crippen LogP contribution is -2.05. The average Bonchev–Trinajstić information content (AvgIpc) is 2.41. The highest BCUT2D eigenvalue weighted by Crippen LogP contribution is 2.15. The van der Waals surface area contributed by atoms with E-state index in [4.69, 9.17) is 5.11 Å². The third-order valence-electron chi connectivity index (χ3n) is 2.36. The zero-order valence-corrected chi connectivity index (χ0v) is 8.87. The molecule has 78 valence electrons. The van der Waals surface area contributed by atoms with E-state index in [1.165, 1.54) is 0 Å². The Morgan fingerprint density at radius 1 is 1.43 bits per heavy atom. The summed E-state index contributed by atoms with van der Waals surface area (Å²) in [5.74, 6) is -0.789.